The lowest BCUT2D eigenvalue weighted by molar-refractivity contribution is -0.659. The lowest BCUT2D eigenvalue weighted by Gasteiger charge is -2.22. The average molecular weight is 384 g/mol. The van der Waals surface area contributed by atoms with E-state index in [1.807, 2.05) is 24.0 Å². The van der Waals surface area contributed by atoms with Crippen LogP contribution in [0.4, 0.5) is 0 Å². The first-order chi connectivity index (χ1) is 13.7. The summed E-state index contributed by atoms with van der Waals surface area (Å²) in [6.07, 6.45) is 9.56. The zero-order valence-corrected chi connectivity index (χ0v) is 17.1. The van der Waals surface area contributed by atoms with Crippen LogP contribution >= 0.6 is 11.8 Å². The van der Waals surface area contributed by atoms with Gasteiger partial charge in [-0.05, 0) is 60.4 Å². The molecule has 0 N–H and O–H groups in total. The van der Waals surface area contributed by atoms with Gasteiger partial charge >= 0.3 is 0 Å². The predicted molar refractivity (Wildman–Crippen MR) is 116 cm³/mol. The number of pyridine rings is 2. The van der Waals surface area contributed by atoms with Gasteiger partial charge in [0.25, 0.3) is 0 Å². The van der Waals surface area contributed by atoms with Crippen LogP contribution in [0.1, 0.15) is 42.7 Å². The maximum Gasteiger partial charge on any atom is 0.222 e. The van der Waals surface area contributed by atoms with Gasteiger partial charge in [-0.2, -0.15) is 0 Å². The molecule has 3 heterocycles. The van der Waals surface area contributed by atoms with E-state index in [-0.39, 0.29) is 0 Å². The number of hydrogen-bond acceptors (Lipinski definition) is 2. The van der Waals surface area contributed by atoms with Gasteiger partial charge in [0.2, 0.25) is 5.69 Å². The smallest absolute Gasteiger partial charge is 0.222 e. The Bertz CT molecular complexity index is 1270. The minimum absolute atomic E-state index is 0.736. The molecule has 0 amide bonds. The maximum atomic E-state index is 4.64. The fourth-order valence-electron chi connectivity index (χ4n) is 5.22. The molecule has 2 aromatic heterocycles. The number of fused-ring (bicyclic) bond motifs is 3. The van der Waals surface area contributed by atoms with Crippen LogP contribution in [-0.2, 0) is 7.05 Å². The van der Waals surface area contributed by atoms with Crippen LogP contribution in [-0.4, -0.2) is 4.98 Å². The van der Waals surface area contributed by atoms with E-state index >= 15 is 0 Å². The zero-order valence-electron chi connectivity index (χ0n) is 16.3. The molecule has 1 fully saturated rings. The van der Waals surface area contributed by atoms with Crippen molar-refractivity contribution < 1.29 is 4.57 Å². The summed E-state index contributed by atoms with van der Waals surface area (Å²) in [5.74, 6) is 0.736. The second-order valence-electron chi connectivity index (χ2n) is 8.29. The van der Waals surface area contributed by atoms with E-state index in [1.54, 1.807) is 0 Å². The van der Waals surface area contributed by atoms with E-state index < -0.39 is 0 Å². The molecule has 1 saturated carbocycles. The van der Waals surface area contributed by atoms with Crippen molar-refractivity contribution in [2.45, 2.75) is 48.3 Å². The van der Waals surface area contributed by atoms with E-state index in [9.17, 15) is 0 Å². The SMILES string of the molecule is Cc1c2c(cc3ncccc13)Sc1cc(C3CCCC3)cc3cc[n+](C)c-2c13. The normalized spacial score (nSPS) is 16.1. The molecule has 0 unspecified atom stereocenters. The van der Waals surface area contributed by atoms with Gasteiger partial charge in [0, 0.05) is 27.4 Å². The van der Waals surface area contributed by atoms with E-state index in [4.69, 9.17) is 0 Å². The third kappa shape index (κ3) is 2.29. The quantitative estimate of drug-likeness (QED) is 0.315. The van der Waals surface area contributed by atoms with Gasteiger partial charge < -0.3 is 0 Å². The Morgan fingerprint density at radius 3 is 2.79 bits per heavy atom. The summed E-state index contributed by atoms with van der Waals surface area (Å²) >= 11 is 1.93. The third-order valence-corrected chi connectivity index (χ3v) is 7.72. The van der Waals surface area contributed by atoms with Gasteiger partial charge in [-0.1, -0.05) is 36.7 Å². The lowest BCUT2D eigenvalue weighted by Crippen LogP contribution is -2.31. The van der Waals surface area contributed by atoms with Crippen molar-refractivity contribution >= 4 is 33.4 Å². The Morgan fingerprint density at radius 2 is 1.93 bits per heavy atom. The first kappa shape index (κ1) is 16.6. The Balaban J connectivity index is 1.69. The summed E-state index contributed by atoms with van der Waals surface area (Å²) in [6, 6.07) is 13.8. The molecule has 1 aliphatic carbocycles. The Labute approximate surface area is 169 Å². The van der Waals surface area contributed by atoms with Crippen LogP contribution < -0.4 is 4.57 Å². The molecule has 4 aromatic rings. The van der Waals surface area contributed by atoms with Gasteiger partial charge in [0.15, 0.2) is 6.20 Å². The van der Waals surface area contributed by atoms with Gasteiger partial charge in [0.1, 0.15) is 7.05 Å². The first-order valence-corrected chi connectivity index (χ1v) is 11.1. The van der Waals surface area contributed by atoms with E-state index in [2.05, 4.69) is 60.1 Å². The topological polar surface area (TPSA) is 16.8 Å². The molecule has 0 atom stereocenters. The molecule has 2 aliphatic rings. The van der Waals surface area contributed by atoms with Crippen LogP contribution in [0.15, 0.2) is 58.6 Å². The summed E-state index contributed by atoms with van der Waals surface area (Å²) in [6.45, 7) is 2.25. The first-order valence-electron chi connectivity index (χ1n) is 10.2. The van der Waals surface area contributed by atoms with Gasteiger partial charge in [-0.25, -0.2) is 4.57 Å². The lowest BCUT2D eigenvalue weighted by atomic mass is 9.92. The highest BCUT2D eigenvalue weighted by molar-refractivity contribution is 7.99. The monoisotopic (exact) mass is 383 g/mol. The van der Waals surface area contributed by atoms with Gasteiger partial charge in [-0.15, -0.1) is 0 Å². The van der Waals surface area contributed by atoms with Crippen molar-refractivity contribution in [1.82, 2.24) is 4.98 Å². The largest absolute Gasteiger partial charge is 0.256 e. The molecule has 2 nitrogen and oxygen atoms in total. The second-order valence-corrected chi connectivity index (χ2v) is 9.37. The summed E-state index contributed by atoms with van der Waals surface area (Å²) in [4.78, 5) is 7.38. The Hall–Kier alpha value is -2.39. The average Bonchev–Trinajstić information content (AvgIpc) is 3.25. The number of benzene rings is 2. The van der Waals surface area contributed by atoms with Crippen LogP contribution in [0.3, 0.4) is 0 Å². The number of hydrogen-bond donors (Lipinski definition) is 0. The fraction of sp³-hybridized carbons (Fsp3) is 0.280. The number of rotatable bonds is 1. The Kier molecular flexibility index (Phi) is 3.58. The molecule has 1 aliphatic heterocycles. The summed E-state index contributed by atoms with van der Waals surface area (Å²) in [5.41, 5.74) is 6.69. The Morgan fingerprint density at radius 1 is 1.07 bits per heavy atom. The van der Waals surface area contributed by atoms with Crippen LogP contribution in [0.25, 0.3) is 32.9 Å². The summed E-state index contributed by atoms with van der Waals surface area (Å²) in [7, 11) is 2.18. The molecule has 0 radical (unpaired) electrons. The highest BCUT2D eigenvalue weighted by Crippen LogP contribution is 2.50. The fourth-order valence-corrected chi connectivity index (χ4v) is 6.49. The van der Waals surface area contributed by atoms with Crippen molar-refractivity contribution in [3.63, 3.8) is 0 Å². The molecule has 0 spiro atoms. The molecule has 3 heteroatoms. The predicted octanol–water partition coefficient (Wildman–Crippen LogP) is 6.31. The summed E-state index contributed by atoms with van der Waals surface area (Å²) < 4.78 is 2.30. The van der Waals surface area contributed by atoms with Crippen molar-refractivity contribution in [2.75, 3.05) is 0 Å². The summed E-state index contributed by atoms with van der Waals surface area (Å²) in [5, 5.41) is 4.05. The third-order valence-electron chi connectivity index (χ3n) is 6.64. The van der Waals surface area contributed by atoms with Crippen molar-refractivity contribution in [1.29, 1.82) is 0 Å². The molecular formula is C25H23N2S+. The van der Waals surface area contributed by atoms with E-state index in [1.165, 1.54) is 74.0 Å². The minimum atomic E-state index is 0.736. The van der Waals surface area contributed by atoms with E-state index in [0.717, 1.165) is 11.4 Å². The molecule has 138 valence electrons. The standard InChI is InChI=1S/C25H23N2S/c1-15-19-8-5-10-26-20(19)14-22-23(15)25-24-17(9-11-27(25)2)12-18(13-21(24)28-22)16-6-3-4-7-16/h5,8-14,16H,3-4,6-7H2,1-2H3/q+1. The van der Waals surface area contributed by atoms with E-state index in [0.29, 0.717) is 0 Å². The van der Waals surface area contributed by atoms with Crippen molar-refractivity contribution in [3.8, 4) is 11.3 Å². The highest BCUT2D eigenvalue weighted by atomic mass is 32.2. The number of aryl methyl sites for hydroxylation is 2. The molecule has 6 rings (SSSR count). The maximum absolute atomic E-state index is 4.64. The van der Waals surface area contributed by atoms with Crippen molar-refractivity contribution in [3.05, 3.63) is 59.9 Å². The second kappa shape index (κ2) is 6.05. The highest BCUT2D eigenvalue weighted by Gasteiger charge is 2.30. The van der Waals surface area contributed by atoms with Crippen LogP contribution in [0, 0.1) is 6.92 Å². The van der Waals surface area contributed by atoms with Gasteiger partial charge in [0.05, 0.1) is 16.5 Å². The molecular weight excluding hydrogens is 360 g/mol. The van der Waals surface area contributed by atoms with Crippen LogP contribution in [0.5, 0.6) is 0 Å². The molecule has 0 bridgehead atoms. The van der Waals surface area contributed by atoms with Gasteiger partial charge in [-0.3, -0.25) is 4.98 Å². The number of aromatic nitrogens is 2. The van der Waals surface area contributed by atoms with Crippen molar-refractivity contribution in [2.24, 2.45) is 7.05 Å². The molecule has 28 heavy (non-hydrogen) atoms. The molecule has 0 saturated heterocycles. The zero-order chi connectivity index (χ0) is 18.8. The number of nitrogens with zero attached hydrogens (tertiary/aromatic N) is 2. The van der Waals surface area contributed by atoms with Crippen LogP contribution in [0.2, 0.25) is 0 Å². The minimum Gasteiger partial charge on any atom is -0.256 e. The molecule has 2 aromatic carbocycles.